The first-order chi connectivity index (χ1) is 11.9. The first-order valence-corrected chi connectivity index (χ1v) is 9.10. The van der Waals surface area contributed by atoms with E-state index in [1.807, 2.05) is 4.72 Å². The molecule has 0 radical (unpaired) electrons. The summed E-state index contributed by atoms with van der Waals surface area (Å²) in [6, 6.07) is 8.73. The van der Waals surface area contributed by atoms with E-state index in [2.05, 4.69) is 4.98 Å². The fourth-order valence-electron chi connectivity index (χ4n) is 2.12. The summed E-state index contributed by atoms with van der Waals surface area (Å²) in [5, 5.41) is 8.12. The summed E-state index contributed by atoms with van der Waals surface area (Å²) in [5.41, 5.74) is 0.701. The van der Waals surface area contributed by atoms with E-state index in [1.54, 1.807) is 0 Å². The van der Waals surface area contributed by atoms with Gasteiger partial charge in [-0.25, -0.2) is 13.1 Å². The highest BCUT2D eigenvalue weighted by atomic mass is 35.5. The second kappa shape index (κ2) is 8.19. The van der Waals surface area contributed by atoms with Crippen LogP contribution in [0.15, 0.2) is 42.6 Å². The molecule has 0 saturated heterocycles. The lowest BCUT2D eigenvalue weighted by atomic mass is 10.1. The summed E-state index contributed by atoms with van der Waals surface area (Å²) in [5.74, 6) is -0.873. The van der Waals surface area contributed by atoms with Crippen molar-refractivity contribution in [3.63, 3.8) is 0 Å². The van der Waals surface area contributed by atoms with Crippen molar-refractivity contribution < 1.29 is 23.1 Å². The van der Waals surface area contributed by atoms with Crippen LogP contribution in [0.1, 0.15) is 33.3 Å². The topological polar surface area (TPSA) is 113 Å². The van der Waals surface area contributed by atoms with Crippen LogP contribution in [0.3, 0.4) is 0 Å². The normalized spacial score (nSPS) is 12.4. The number of hydrogen-bond donors (Lipinski definition) is 2. The standard InChI is InChI=1S/C16H15ClN2O5S/c17-13-4-1-11(2-5-13)15(7-8-20)25(23,24)19-16(22)12-3-6-14(10-21)18-9-12/h1-6,8-9,15,21H,7,10H2,(H,19,22). The van der Waals surface area contributed by atoms with Gasteiger partial charge in [0.15, 0.2) is 0 Å². The zero-order valence-corrected chi connectivity index (χ0v) is 14.5. The van der Waals surface area contributed by atoms with Gasteiger partial charge in [-0.2, -0.15) is 0 Å². The van der Waals surface area contributed by atoms with Crippen LogP contribution in [0.2, 0.25) is 5.02 Å². The Bertz CT molecular complexity index is 851. The number of amides is 1. The number of pyridine rings is 1. The first kappa shape index (κ1) is 19.0. The van der Waals surface area contributed by atoms with Crippen LogP contribution in [0.4, 0.5) is 0 Å². The molecule has 0 aliphatic rings. The molecular formula is C16H15ClN2O5S. The van der Waals surface area contributed by atoms with Crippen molar-refractivity contribution in [2.45, 2.75) is 18.3 Å². The van der Waals surface area contributed by atoms with Crippen molar-refractivity contribution in [2.75, 3.05) is 0 Å². The molecule has 25 heavy (non-hydrogen) atoms. The van der Waals surface area contributed by atoms with Gasteiger partial charge in [0.1, 0.15) is 11.5 Å². The molecule has 2 aromatic rings. The van der Waals surface area contributed by atoms with E-state index in [-0.39, 0.29) is 18.6 Å². The number of hydrogen-bond acceptors (Lipinski definition) is 6. The number of nitrogens with one attached hydrogen (secondary N) is 1. The van der Waals surface area contributed by atoms with E-state index < -0.39 is 21.2 Å². The molecular weight excluding hydrogens is 368 g/mol. The molecule has 0 bridgehead atoms. The Morgan fingerprint density at radius 2 is 1.92 bits per heavy atom. The fraction of sp³-hybridized carbons (Fsp3) is 0.188. The monoisotopic (exact) mass is 382 g/mol. The Balaban J connectivity index is 2.25. The van der Waals surface area contributed by atoms with Gasteiger partial charge in [-0.3, -0.25) is 9.78 Å². The summed E-state index contributed by atoms with van der Waals surface area (Å²) >= 11 is 5.78. The number of benzene rings is 1. The van der Waals surface area contributed by atoms with Crippen molar-refractivity contribution in [3.05, 3.63) is 64.4 Å². The van der Waals surface area contributed by atoms with E-state index in [9.17, 15) is 18.0 Å². The number of aliphatic hydroxyl groups excluding tert-OH is 1. The molecule has 0 spiro atoms. The van der Waals surface area contributed by atoms with Gasteiger partial charge >= 0.3 is 0 Å². The Labute approximate surface area is 149 Å². The molecule has 0 fully saturated rings. The van der Waals surface area contributed by atoms with Gasteiger partial charge in [-0.05, 0) is 29.8 Å². The zero-order valence-electron chi connectivity index (χ0n) is 12.9. The molecule has 1 heterocycles. The Morgan fingerprint density at radius 3 is 2.44 bits per heavy atom. The predicted molar refractivity (Wildman–Crippen MR) is 91.4 cm³/mol. The molecule has 2 rings (SSSR count). The van der Waals surface area contributed by atoms with Gasteiger partial charge in [0.2, 0.25) is 10.0 Å². The number of sulfonamides is 1. The third kappa shape index (κ3) is 4.85. The van der Waals surface area contributed by atoms with E-state index in [0.29, 0.717) is 22.6 Å². The lowest BCUT2D eigenvalue weighted by Gasteiger charge is -2.16. The van der Waals surface area contributed by atoms with Gasteiger partial charge < -0.3 is 9.90 Å². The maximum Gasteiger partial charge on any atom is 0.266 e. The van der Waals surface area contributed by atoms with Crippen LogP contribution in [0.5, 0.6) is 0 Å². The molecule has 2 N–H and O–H groups in total. The lowest BCUT2D eigenvalue weighted by molar-refractivity contribution is -0.107. The van der Waals surface area contributed by atoms with Crippen LogP contribution in [-0.2, 0) is 21.4 Å². The Morgan fingerprint density at radius 1 is 1.24 bits per heavy atom. The van der Waals surface area contributed by atoms with Gasteiger partial charge in [0.25, 0.3) is 5.91 Å². The summed E-state index contributed by atoms with van der Waals surface area (Å²) < 4.78 is 27.0. The number of carbonyl (C=O) groups is 2. The molecule has 9 heteroatoms. The summed E-state index contributed by atoms with van der Waals surface area (Å²) in [6.45, 7) is -0.293. The largest absolute Gasteiger partial charge is 0.390 e. The second-order valence-electron chi connectivity index (χ2n) is 5.12. The van der Waals surface area contributed by atoms with E-state index in [1.165, 1.54) is 36.4 Å². The van der Waals surface area contributed by atoms with Crippen molar-refractivity contribution in [1.29, 1.82) is 0 Å². The minimum absolute atomic E-state index is 0.0155. The first-order valence-electron chi connectivity index (χ1n) is 7.18. The average Bonchev–Trinajstić information content (AvgIpc) is 2.60. The summed E-state index contributed by atoms with van der Waals surface area (Å²) in [4.78, 5) is 26.9. The van der Waals surface area contributed by atoms with Gasteiger partial charge in [0, 0.05) is 17.6 Å². The molecule has 1 amide bonds. The van der Waals surface area contributed by atoms with Crippen molar-refractivity contribution in [2.24, 2.45) is 0 Å². The number of carbonyl (C=O) groups excluding carboxylic acids is 2. The number of nitrogens with zero attached hydrogens (tertiary/aromatic N) is 1. The summed E-state index contributed by atoms with van der Waals surface area (Å²) in [6.07, 6.45) is 1.32. The highest BCUT2D eigenvalue weighted by molar-refractivity contribution is 7.90. The molecule has 0 aliphatic carbocycles. The summed E-state index contributed by atoms with van der Waals surface area (Å²) in [7, 11) is -4.16. The van der Waals surface area contributed by atoms with Crippen molar-refractivity contribution in [1.82, 2.24) is 9.71 Å². The third-order valence-electron chi connectivity index (χ3n) is 3.41. The molecule has 1 aromatic carbocycles. The molecule has 1 unspecified atom stereocenters. The SMILES string of the molecule is O=CCC(c1ccc(Cl)cc1)S(=O)(=O)NC(=O)c1ccc(CO)nc1. The minimum Gasteiger partial charge on any atom is -0.390 e. The van der Waals surface area contributed by atoms with Crippen molar-refractivity contribution in [3.8, 4) is 0 Å². The van der Waals surface area contributed by atoms with Crippen LogP contribution in [-0.4, -0.2) is 30.7 Å². The van der Waals surface area contributed by atoms with E-state index in [0.717, 1.165) is 6.20 Å². The number of aldehydes is 1. The number of aromatic nitrogens is 1. The van der Waals surface area contributed by atoms with Crippen LogP contribution in [0.25, 0.3) is 0 Å². The lowest BCUT2D eigenvalue weighted by Crippen LogP contribution is -2.34. The van der Waals surface area contributed by atoms with Crippen LogP contribution >= 0.6 is 11.6 Å². The van der Waals surface area contributed by atoms with Crippen LogP contribution in [0, 0.1) is 0 Å². The molecule has 0 saturated carbocycles. The number of halogens is 1. The van der Waals surface area contributed by atoms with Gasteiger partial charge in [0.05, 0.1) is 17.9 Å². The van der Waals surface area contributed by atoms with Gasteiger partial charge in [-0.15, -0.1) is 0 Å². The minimum atomic E-state index is -4.16. The van der Waals surface area contributed by atoms with Gasteiger partial charge in [-0.1, -0.05) is 23.7 Å². The van der Waals surface area contributed by atoms with E-state index in [4.69, 9.17) is 16.7 Å². The third-order valence-corrected chi connectivity index (χ3v) is 5.35. The highest BCUT2D eigenvalue weighted by Gasteiger charge is 2.29. The smallest absolute Gasteiger partial charge is 0.266 e. The molecule has 0 aliphatic heterocycles. The zero-order chi connectivity index (χ0) is 18.4. The van der Waals surface area contributed by atoms with Crippen molar-refractivity contribution >= 4 is 33.8 Å². The second-order valence-corrected chi connectivity index (χ2v) is 7.41. The van der Waals surface area contributed by atoms with E-state index >= 15 is 0 Å². The fourth-order valence-corrected chi connectivity index (χ4v) is 3.61. The predicted octanol–water partition coefficient (Wildman–Crippen LogP) is 1.62. The molecule has 1 atom stereocenters. The quantitative estimate of drug-likeness (QED) is 0.703. The number of rotatable bonds is 7. The Kier molecular flexibility index (Phi) is 6.24. The Hall–Kier alpha value is -2.29. The highest BCUT2D eigenvalue weighted by Crippen LogP contribution is 2.26. The van der Waals surface area contributed by atoms with Crippen LogP contribution < -0.4 is 4.72 Å². The molecule has 7 nitrogen and oxygen atoms in total. The molecule has 1 aromatic heterocycles. The maximum atomic E-state index is 12.5. The number of aliphatic hydroxyl groups is 1. The maximum absolute atomic E-state index is 12.5. The average molecular weight is 383 g/mol. The molecule has 132 valence electrons.